The molecule has 1 aliphatic rings. The normalized spacial score (nSPS) is 17.0. The number of nitrogens with one attached hydrogen (secondary N) is 1. The van der Waals surface area contributed by atoms with Gasteiger partial charge in [-0.2, -0.15) is 0 Å². The van der Waals surface area contributed by atoms with E-state index >= 15 is 0 Å². The van der Waals surface area contributed by atoms with Crippen molar-refractivity contribution in [1.82, 2.24) is 0 Å². The average Bonchev–Trinajstić information content (AvgIpc) is 2.50. The van der Waals surface area contributed by atoms with Gasteiger partial charge in [0.2, 0.25) is 0 Å². The first-order chi connectivity index (χ1) is 10.1. The fraction of sp³-hybridized carbons (Fsp3) is 0.235. The SMILES string of the molecule is O=C(Cc1cc(Cl)ccc1Cl)C1CCNc2ccccc21. The summed E-state index contributed by atoms with van der Waals surface area (Å²) in [6.45, 7) is 0.816. The van der Waals surface area contributed by atoms with Crippen molar-refractivity contribution < 1.29 is 4.79 Å². The van der Waals surface area contributed by atoms with E-state index in [0.29, 0.717) is 16.5 Å². The molecule has 0 saturated heterocycles. The Hall–Kier alpha value is -1.51. The highest BCUT2D eigenvalue weighted by atomic mass is 35.5. The standard InChI is InChI=1S/C17H15Cl2NO/c18-12-5-6-15(19)11(9-12)10-17(21)14-7-8-20-16-4-2-1-3-13(14)16/h1-6,9,14,20H,7-8,10H2. The maximum absolute atomic E-state index is 12.7. The molecule has 0 radical (unpaired) electrons. The number of para-hydroxylation sites is 1. The number of Topliss-reactive ketones (excluding diaryl/α,β-unsaturated/α-hetero) is 1. The van der Waals surface area contributed by atoms with Crippen molar-refractivity contribution in [2.24, 2.45) is 0 Å². The number of hydrogen-bond donors (Lipinski definition) is 1. The summed E-state index contributed by atoms with van der Waals surface area (Å²) in [5.74, 6) is 0.116. The summed E-state index contributed by atoms with van der Waals surface area (Å²) in [4.78, 5) is 12.7. The van der Waals surface area contributed by atoms with Crippen LogP contribution in [0.4, 0.5) is 5.69 Å². The quantitative estimate of drug-likeness (QED) is 0.888. The molecule has 21 heavy (non-hydrogen) atoms. The van der Waals surface area contributed by atoms with Crippen molar-refractivity contribution in [2.45, 2.75) is 18.8 Å². The fourth-order valence-corrected chi connectivity index (χ4v) is 3.17. The van der Waals surface area contributed by atoms with E-state index < -0.39 is 0 Å². The number of benzene rings is 2. The van der Waals surface area contributed by atoms with Gasteiger partial charge in [0.05, 0.1) is 0 Å². The Labute approximate surface area is 134 Å². The van der Waals surface area contributed by atoms with E-state index in [2.05, 4.69) is 5.32 Å². The molecule has 3 rings (SSSR count). The van der Waals surface area contributed by atoms with E-state index in [1.165, 1.54) is 0 Å². The highest BCUT2D eigenvalue weighted by Crippen LogP contribution is 2.33. The molecule has 1 heterocycles. The summed E-state index contributed by atoms with van der Waals surface area (Å²) < 4.78 is 0. The number of carbonyl (C=O) groups excluding carboxylic acids is 1. The molecule has 1 aliphatic heterocycles. The zero-order chi connectivity index (χ0) is 14.8. The Kier molecular flexibility index (Phi) is 4.18. The number of hydrogen-bond acceptors (Lipinski definition) is 2. The molecule has 2 aromatic rings. The predicted molar refractivity (Wildman–Crippen MR) is 87.5 cm³/mol. The van der Waals surface area contributed by atoms with E-state index in [-0.39, 0.29) is 11.7 Å². The van der Waals surface area contributed by atoms with Gasteiger partial charge >= 0.3 is 0 Å². The van der Waals surface area contributed by atoms with Crippen molar-refractivity contribution in [3.8, 4) is 0 Å². The Morgan fingerprint density at radius 1 is 1.19 bits per heavy atom. The highest BCUT2D eigenvalue weighted by molar-refractivity contribution is 6.33. The molecule has 108 valence electrons. The number of ketones is 1. The summed E-state index contributed by atoms with van der Waals surface area (Å²) in [5, 5.41) is 4.53. The summed E-state index contributed by atoms with van der Waals surface area (Å²) >= 11 is 12.1. The van der Waals surface area contributed by atoms with E-state index in [1.54, 1.807) is 18.2 Å². The predicted octanol–water partition coefficient (Wildman–Crippen LogP) is 4.70. The highest BCUT2D eigenvalue weighted by Gasteiger charge is 2.26. The van der Waals surface area contributed by atoms with Crippen LogP contribution in [0.2, 0.25) is 10.0 Å². The molecule has 2 nitrogen and oxygen atoms in total. The van der Waals surface area contributed by atoms with Crippen molar-refractivity contribution in [2.75, 3.05) is 11.9 Å². The molecule has 0 fully saturated rings. The van der Waals surface area contributed by atoms with E-state index in [9.17, 15) is 4.79 Å². The first kappa shape index (κ1) is 14.4. The molecule has 1 atom stereocenters. The minimum atomic E-state index is -0.0718. The average molecular weight is 320 g/mol. The van der Waals surface area contributed by atoms with Crippen LogP contribution in [-0.2, 0) is 11.2 Å². The summed E-state index contributed by atoms with van der Waals surface area (Å²) in [6, 6.07) is 13.2. The van der Waals surface area contributed by atoms with Crippen molar-refractivity contribution >= 4 is 34.7 Å². The second-order valence-electron chi connectivity index (χ2n) is 5.23. The lowest BCUT2D eigenvalue weighted by Gasteiger charge is -2.25. The Morgan fingerprint density at radius 3 is 2.86 bits per heavy atom. The second kappa shape index (κ2) is 6.08. The molecule has 1 unspecified atom stereocenters. The van der Waals surface area contributed by atoms with Gasteiger partial charge in [-0.3, -0.25) is 4.79 Å². The monoisotopic (exact) mass is 319 g/mol. The van der Waals surface area contributed by atoms with Crippen LogP contribution in [0.25, 0.3) is 0 Å². The molecule has 0 aliphatic carbocycles. The Morgan fingerprint density at radius 2 is 2.00 bits per heavy atom. The van der Waals surface area contributed by atoms with Crippen LogP contribution < -0.4 is 5.32 Å². The van der Waals surface area contributed by atoms with Crippen LogP contribution in [0.15, 0.2) is 42.5 Å². The van der Waals surface area contributed by atoms with Gasteiger partial charge in [0.15, 0.2) is 0 Å². The van der Waals surface area contributed by atoms with Gasteiger partial charge in [-0.05, 0) is 41.8 Å². The Balaban J connectivity index is 1.85. The van der Waals surface area contributed by atoms with Crippen molar-refractivity contribution in [3.63, 3.8) is 0 Å². The third-order valence-corrected chi connectivity index (χ3v) is 4.45. The maximum atomic E-state index is 12.7. The fourth-order valence-electron chi connectivity index (χ4n) is 2.79. The molecule has 0 bridgehead atoms. The zero-order valence-electron chi connectivity index (χ0n) is 11.4. The van der Waals surface area contributed by atoms with Gasteiger partial charge in [-0.25, -0.2) is 0 Å². The van der Waals surface area contributed by atoms with Crippen molar-refractivity contribution in [1.29, 1.82) is 0 Å². The lowest BCUT2D eigenvalue weighted by Crippen LogP contribution is -2.24. The number of anilines is 1. The van der Waals surface area contributed by atoms with Gasteiger partial charge in [0.1, 0.15) is 5.78 Å². The molecule has 0 saturated carbocycles. The van der Waals surface area contributed by atoms with E-state index in [0.717, 1.165) is 29.8 Å². The first-order valence-corrected chi connectivity index (χ1v) is 7.70. The summed E-state index contributed by atoms with van der Waals surface area (Å²) in [5.41, 5.74) is 2.93. The molecule has 2 aromatic carbocycles. The molecule has 1 N–H and O–H groups in total. The molecule has 0 amide bonds. The lowest BCUT2D eigenvalue weighted by molar-refractivity contribution is -0.120. The van der Waals surface area contributed by atoms with Crippen LogP contribution in [0.5, 0.6) is 0 Å². The second-order valence-corrected chi connectivity index (χ2v) is 6.08. The minimum Gasteiger partial charge on any atom is -0.385 e. The summed E-state index contributed by atoms with van der Waals surface area (Å²) in [7, 11) is 0. The topological polar surface area (TPSA) is 29.1 Å². The number of carbonyl (C=O) groups is 1. The third kappa shape index (κ3) is 3.07. The zero-order valence-corrected chi connectivity index (χ0v) is 12.9. The van der Waals surface area contributed by atoms with Gasteiger partial charge in [-0.15, -0.1) is 0 Å². The summed E-state index contributed by atoms with van der Waals surface area (Å²) in [6.07, 6.45) is 1.13. The van der Waals surface area contributed by atoms with Crippen LogP contribution in [0.1, 0.15) is 23.5 Å². The van der Waals surface area contributed by atoms with Gasteiger partial charge < -0.3 is 5.32 Å². The maximum Gasteiger partial charge on any atom is 0.144 e. The van der Waals surface area contributed by atoms with Gasteiger partial charge in [0.25, 0.3) is 0 Å². The first-order valence-electron chi connectivity index (χ1n) is 6.94. The third-order valence-electron chi connectivity index (χ3n) is 3.85. The van der Waals surface area contributed by atoms with Gasteiger partial charge in [-0.1, -0.05) is 41.4 Å². The van der Waals surface area contributed by atoms with Crippen LogP contribution in [-0.4, -0.2) is 12.3 Å². The van der Waals surface area contributed by atoms with Gasteiger partial charge in [0, 0.05) is 34.6 Å². The molecule has 0 aromatic heterocycles. The van der Waals surface area contributed by atoms with Crippen LogP contribution in [0, 0.1) is 0 Å². The molecule has 4 heteroatoms. The smallest absolute Gasteiger partial charge is 0.144 e. The minimum absolute atomic E-state index is 0.0718. The number of rotatable bonds is 3. The molecular weight excluding hydrogens is 305 g/mol. The molecular formula is C17H15Cl2NO. The largest absolute Gasteiger partial charge is 0.385 e. The van der Waals surface area contributed by atoms with Crippen molar-refractivity contribution in [3.05, 3.63) is 63.6 Å². The van der Waals surface area contributed by atoms with E-state index in [4.69, 9.17) is 23.2 Å². The number of halogens is 2. The number of fused-ring (bicyclic) bond motifs is 1. The Bertz CT molecular complexity index is 684. The van der Waals surface area contributed by atoms with Crippen LogP contribution in [0.3, 0.4) is 0 Å². The van der Waals surface area contributed by atoms with E-state index in [1.807, 2.05) is 24.3 Å². The lowest BCUT2D eigenvalue weighted by atomic mass is 9.85. The molecule has 0 spiro atoms. The van der Waals surface area contributed by atoms with Crippen LogP contribution >= 0.6 is 23.2 Å².